The highest BCUT2D eigenvalue weighted by atomic mass is 35.5. The molecule has 8 heteroatoms. The van der Waals surface area contributed by atoms with Crippen LogP contribution in [0.3, 0.4) is 0 Å². The zero-order valence-corrected chi connectivity index (χ0v) is 23.0. The van der Waals surface area contributed by atoms with Crippen LogP contribution in [0.4, 0.5) is 0 Å². The van der Waals surface area contributed by atoms with Gasteiger partial charge in [0, 0.05) is 37.9 Å². The van der Waals surface area contributed by atoms with Gasteiger partial charge in [0.05, 0.1) is 0 Å². The molecule has 4 aliphatic rings. The molecule has 0 aromatic heterocycles. The van der Waals surface area contributed by atoms with Gasteiger partial charge in [-0.05, 0) is 62.2 Å². The van der Waals surface area contributed by atoms with E-state index in [9.17, 15) is 9.59 Å². The number of aliphatic hydroxyl groups is 2. The molecule has 6 atom stereocenters. The molecule has 0 aromatic carbocycles. The lowest BCUT2D eigenvalue weighted by molar-refractivity contribution is -0.119. The summed E-state index contributed by atoms with van der Waals surface area (Å²) in [6.07, 6.45) is 13.9. The summed E-state index contributed by atoms with van der Waals surface area (Å²) in [4.78, 5) is 23.5. The van der Waals surface area contributed by atoms with Gasteiger partial charge in [-0.1, -0.05) is 84.9 Å². The number of hydrogen-bond acceptors (Lipinski definition) is 4. The van der Waals surface area contributed by atoms with Gasteiger partial charge in [-0.15, -0.1) is 0 Å². The van der Waals surface area contributed by atoms with Gasteiger partial charge in [-0.25, -0.2) is 0 Å². The summed E-state index contributed by atoms with van der Waals surface area (Å²) in [6, 6.07) is 0. The number of rotatable bonds is 10. The predicted octanol–water partition coefficient (Wildman–Crippen LogP) is 6.66. The third-order valence-electron chi connectivity index (χ3n) is 8.92. The van der Waals surface area contributed by atoms with Crippen LogP contribution in [0.15, 0.2) is 0 Å². The van der Waals surface area contributed by atoms with Gasteiger partial charge >= 0.3 is 0 Å². The van der Waals surface area contributed by atoms with Gasteiger partial charge in [0.2, 0.25) is 0 Å². The fourth-order valence-corrected chi connectivity index (χ4v) is 8.43. The quantitative estimate of drug-likeness (QED) is 0.233. The van der Waals surface area contributed by atoms with Crippen molar-refractivity contribution in [2.75, 3.05) is 13.2 Å². The molecule has 6 unspecified atom stereocenters. The van der Waals surface area contributed by atoms with Gasteiger partial charge in [0.1, 0.15) is 0 Å². The molecule has 0 saturated heterocycles. The smallest absolute Gasteiger partial charge is 0.178 e. The summed E-state index contributed by atoms with van der Waals surface area (Å²) in [7, 11) is 0. The van der Waals surface area contributed by atoms with Gasteiger partial charge < -0.3 is 10.2 Å². The first-order valence-electron chi connectivity index (χ1n) is 13.2. The summed E-state index contributed by atoms with van der Waals surface area (Å²) in [5, 5.41) is 17.5. The first kappa shape index (κ1) is 29.0. The van der Waals surface area contributed by atoms with E-state index < -0.39 is 8.67 Å². The molecule has 0 bridgehead atoms. The Bertz CT molecular complexity index is 640. The molecular formula is C26H40Cl4O4. The van der Waals surface area contributed by atoms with Crippen LogP contribution in [0.1, 0.15) is 89.9 Å². The van der Waals surface area contributed by atoms with Crippen LogP contribution in [0.2, 0.25) is 0 Å². The summed E-state index contributed by atoms with van der Waals surface area (Å²) in [5.41, 5.74) is 0. The second-order valence-electron chi connectivity index (χ2n) is 10.9. The fraction of sp³-hybridized carbons (Fsp3) is 0.923. The second-order valence-corrected chi connectivity index (χ2v) is 13.6. The Balaban J connectivity index is 0.000000191. The molecule has 0 amide bonds. The maximum atomic E-state index is 11.7. The molecule has 4 nitrogen and oxygen atoms in total. The Morgan fingerprint density at radius 1 is 0.618 bits per heavy atom. The number of Topliss-reactive ketones (excluding diaryl/α,β-unsaturated/α-hetero) is 2. The Kier molecular flexibility index (Phi) is 10.9. The van der Waals surface area contributed by atoms with E-state index in [0.717, 1.165) is 77.0 Å². The number of alkyl halides is 4. The van der Waals surface area contributed by atoms with Crippen molar-refractivity contribution in [1.29, 1.82) is 0 Å². The highest BCUT2D eigenvalue weighted by molar-refractivity contribution is 6.59. The van der Waals surface area contributed by atoms with Gasteiger partial charge in [-0.3, -0.25) is 9.59 Å². The van der Waals surface area contributed by atoms with Crippen molar-refractivity contribution in [3.63, 3.8) is 0 Å². The molecule has 0 aromatic rings. The molecule has 2 N–H and O–H groups in total. The average Bonchev–Trinajstić information content (AvgIpc) is 3.49. The third kappa shape index (κ3) is 6.45. The van der Waals surface area contributed by atoms with E-state index in [2.05, 4.69) is 0 Å². The van der Waals surface area contributed by atoms with Crippen molar-refractivity contribution in [2.24, 2.45) is 35.5 Å². The largest absolute Gasteiger partial charge is 0.396 e. The van der Waals surface area contributed by atoms with Gasteiger partial charge in [0.15, 0.2) is 20.2 Å². The summed E-state index contributed by atoms with van der Waals surface area (Å²) in [6.45, 7) is 0.559. The lowest BCUT2D eigenvalue weighted by Gasteiger charge is -2.20. The number of carbonyl (C=O) groups is 2. The predicted molar refractivity (Wildman–Crippen MR) is 139 cm³/mol. The van der Waals surface area contributed by atoms with Crippen molar-refractivity contribution >= 4 is 58.0 Å². The lowest BCUT2D eigenvalue weighted by atomic mass is 9.88. The van der Waals surface area contributed by atoms with Crippen LogP contribution >= 0.6 is 46.4 Å². The van der Waals surface area contributed by atoms with Crippen LogP contribution in [0.25, 0.3) is 0 Å². The minimum atomic E-state index is -1.11. The molecule has 4 rings (SSSR count). The zero-order chi connectivity index (χ0) is 24.9. The SMILES string of the molecule is O=C1CC2C(CCCCCO)CCC2C1(Cl)Cl.O=C1CC2C(CCCCCO)CCC2C1(Cl)Cl. The Hall–Kier alpha value is 0.420. The van der Waals surface area contributed by atoms with E-state index in [1.165, 1.54) is 0 Å². The van der Waals surface area contributed by atoms with Crippen LogP contribution < -0.4 is 0 Å². The first-order valence-corrected chi connectivity index (χ1v) is 14.7. The van der Waals surface area contributed by atoms with Crippen LogP contribution in [-0.2, 0) is 9.59 Å². The fourth-order valence-electron chi connectivity index (χ4n) is 7.04. The van der Waals surface area contributed by atoms with E-state index in [-0.39, 0.29) is 36.6 Å². The highest BCUT2D eigenvalue weighted by Gasteiger charge is 2.58. The van der Waals surface area contributed by atoms with E-state index in [1.807, 2.05) is 0 Å². The summed E-state index contributed by atoms with van der Waals surface area (Å²) in [5.74, 6) is 2.46. The molecule has 0 spiro atoms. The topological polar surface area (TPSA) is 74.6 Å². The molecule has 0 radical (unpaired) electrons. The molecule has 4 saturated carbocycles. The van der Waals surface area contributed by atoms with Crippen LogP contribution in [-0.4, -0.2) is 43.7 Å². The van der Waals surface area contributed by atoms with Gasteiger partial charge in [-0.2, -0.15) is 0 Å². The van der Waals surface area contributed by atoms with Crippen LogP contribution in [0, 0.1) is 35.5 Å². The lowest BCUT2D eigenvalue weighted by Crippen LogP contribution is -2.26. The van der Waals surface area contributed by atoms with E-state index in [4.69, 9.17) is 56.6 Å². The number of halogens is 4. The number of hydrogen-bond donors (Lipinski definition) is 2. The first-order chi connectivity index (χ1) is 16.1. The Morgan fingerprint density at radius 3 is 1.35 bits per heavy atom. The minimum absolute atomic E-state index is 0.0240. The van der Waals surface area contributed by atoms with E-state index in [0.29, 0.717) is 36.5 Å². The van der Waals surface area contributed by atoms with Gasteiger partial charge in [0.25, 0.3) is 0 Å². The number of carbonyl (C=O) groups excluding carboxylic acids is 2. The molecule has 4 aliphatic carbocycles. The third-order valence-corrected chi connectivity index (χ3v) is 10.9. The van der Waals surface area contributed by atoms with Crippen molar-refractivity contribution in [1.82, 2.24) is 0 Å². The molecule has 4 fully saturated rings. The Morgan fingerprint density at radius 2 is 1.00 bits per heavy atom. The number of ketones is 2. The summed E-state index contributed by atoms with van der Waals surface area (Å²) >= 11 is 24.6. The number of unbranched alkanes of at least 4 members (excludes halogenated alkanes) is 4. The summed E-state index contributed by atoms with van der Waals surface area (Å²) < 4.78 is -2.21. The van der Waals surface area contributed by atoms with E-state index >= 15 is 0 Å². The molecule has 0 heterocycles. The second kappa shape index (κ2) is 12.8. The van der Waals surface area contributed by atoms with Crippen molar-refractivity contribution in [3.05, 3.63) is 0 Å². The van der Waals surface area contributed by atoms with Crippen LogP contribution in [0.5, 0.6) is 0 Å². The number of aliphatic hydroxyl groups excluding tert-OH is 2. The molecule has 0 aliphatic heterocycles. The standard InChI is InChI=1S/2C13H20Cl2O2/c2*14-13(15)11-6-5-9(4-2-1-3-7-16)10(11)8-12(13)17/h2*9-11,16H,1-8H2. The highest BCUT2D eigenvalue weighted by Crippen LogP contribution is 2.57. The number of fused-ring (bicyclic) bond motifs is 2. The molecular weight excluding hydrogens is 518 g/mol. The van der Waals surface area contributed by atoms with Crippen molar-refractivity contribution in [2.45, 2.75) is 98.6 Å². The Labute approximate surface area is 224 Å². The maximum absolute atomic E-state index is 11.7. The average molecular weight is 558 g/mol. The normalized spacial score (nSPS) is 35.2. The zero-order valence-electron chi connectivity index (χ0n) is 20.0. The molecule has 196 valence electrons. The van der Waals surface area contributed by atoms with Crippen molar-refractivity contribution in [3.8, 4) is 0 Å². The van der Waals surface area contributed by atoms with Crippen molar-refractivity contribution < 1.29 is 19.8 Å². The maximum Gasteiger partial charge on any atom is 0.178 e. The monoisotopic (exact) mass is 556 g/mol. The van der Waals surface area contributed by atoms with E-state index in [1.54, 1.807) is 0 Å². The molecule has 34 heavy (non-hydrogen) atoms. The minimum Gasteiger partial charge on any atom is -0.396 e.